The summed E-state index contributed by atoms with van der Waals surface area (Å²) in [5.41, 5.74) is 6.88. The first kappa shape index (κ1) is 12.9. The van der Waals surface area contributed by atoms with E-state index in [2.05, 4.69) is 0 Å². The van der Waals surface area contributed by atoms with Gasteiger partial charge in [0.2, 0.25) is 0 Å². The van der Waals surface area contributed by atoms with E-state index in [1.54, 1.807) is 36.2 Å². The van der Waals surface area contributed by atoms with Gasteiger partial charge in [0.15, 0.2) is 0 Å². The van der Waals surface area contributed by atoms with Crippen LogP contribution in [0.3, 0.4) is 0 Å². The number of hydrogen-bond acceptors (Lipinski definition) is 3. The fraction of sp³-hybridized carbons (Fsp3) is 0.154. The van der Waals surface area contributed by atoms with E-state index in [9.17, 15) is 4.79 Å². The molecule has 18 heavy (non-hydrogen) atoms. The molecule has 0 spiro atoms. The maximum Gasteiger partial charge on any atom is 0.253 e. The number of benzene rings is 1. The van der Waals surface area contributed by atoms with Crippen LogP contribution in [0.2, 0.25) is 4.34 Å². The lowest BCUT2D eigenvalue weighted by molar-refractivity contribution is 0.0786. The second kappa shape index (κ2) is 5.42. The Morgan fingerprint density at radius 1 is 1.28 bits per heavy atom. The van der Waals surface area contributed by atoms with Crippen LogP contribution in [0.4, 0.5) is 5.69 Å². The van der Waals surface area contributed by atoms with Crippen LogP contribution in [0.15, 0.2) is 36.4 Å². The van der Waals surface area contributed by atoms with Crippen molar-refractivity contribution < 1.29 is 4.79 Å². The van der Waals surface area contributed by atoms with Gasteiger partial charge < -0.3 is 10.6 Å². The van der Waals surface area contributed by atoms with Gasteiger partial charge in [0.25, 0.3) is 5.91 Å². The molecular weight excluding hydrogens is 268 g/mol. The molecular formula is C13H13ClN2OS. The molecule has 0 atom stereocenters. The molecule has 0 bridgehead atoms. The summed E-state index contributed by atoms with van der Waals surface area (Å²) in [5.74, 6) is -0.0282. The van der Waals surface area contributed by atoms with Crippen molar-refractivity contribution in [3.63, 3.8) is 0 Å². The predicted octanol–water partition coefficient (Wildman–Crippen LogP) is 3.26. The zero-order chi connectivity index (χ0) is 13.1. The van der Waals surface area contributed by atoms with Gasteiger partial charge in [-0.25, -0.2) is 0 Å². The van der Waals surface area contributed by atoms with E-state index in [1.165, 1.54) is 11.3 Å². The fourth-order valence-corrected chi connectivity index (χ4v) is 2.73. The van der Waals surface area contributed by atoms with Crippen molar-refractivity contribution in [2.24, 2.45) is 0 Å². The summed E-state index contributed by atoms with van der Waals surface area (Å²) in [5, 5.41) is 0. The van der Waals surface area contributed by atoms with E-state index in [0.717, 1.165) is 9.21 Å². The molecule has 0 aliphatic carbocycles. The van der Waals surface area contributed by atoms with Crippen molar-refractivity contribution in [2.75, 3.05) is 12.8 Å². The van der Waals surface area contributed by atoms with Crippen molar-refractivity contribution in [2.45, 2.75) is 6.54 Å². The quantitative estimate of drug-likeness (QED) is 0.877. The third-order valence-corrected chi connectivity index (χ3v) is 3.74. The van der Waals surface area contributed by atoms with Gasteiger partial charge in [-0.05, 0) is 36.4 Å². The molecule has 3 nitrogen and oxygen atoms in total. The van der Waals surface area contributed by atoms with Gasteiger partial charge in [0, 0.05) is 23.2 Å². The summed E-state index contributed by atoms with van der Waals surface area (Å²) in [6.07, 6.45) is 0. The Morgan fingerprint density at radius 3 is 2.50 bits per heavy atom. The molecule has 1 heterocycles. The molecule has 0 saturated heterocycles. The van der Waals surface area contributed by atoms with Crippen LogP contribution in [-0.4, -0.2) is 17.9 Å². The second-order valence-electron chi connectivity index (χ2n) is 3.99. The second-order valence-corrected chi connectivity index (χ2v) is 5.79. The standard InChI is InChI=1S/C13H13ClN2OS/c1-16(8-11-6-7-12(14)18-11)13(17)9-2-4-10(15)5-3-9/h2-7H,8,15H2,1H3. The van der Waals surface area contributed by atoms with Crippen LogP contribution in [0.25, 0.3) is 0 Å². The van der Waals surface area contributed by atoms with Gasteiger partial charge in [0.05, 0.1) is 10.9 Å². The molecule has 2 N–H and O–H groups in total. The Kier molecular flexibility index (Phi) is 3.89. The number of nitrogen functional groups attached to an aromatic ring is 1. The first-order valence-electron chi connectivity index (χ1n) is 5.41. The molecule has 0 radical (unpaired) electrons. The predicted molar refractivity (Wildman–Crippen MR) is 76.0 cm³/mol. The number of rotatable bonds is 3. The summed E-state index contributed by atoms with van der Waals surface area (Å²) in [6.45, 7) is 0.556. The highest BCUT2D eigenvalue weighted by Crippen LogP contribution is 2.22. The number of halogens is 1. The molecule has 94 valence electrons. The Morgan fingerprint density at radius 2 is 1.94 bits per heavy atom. The number of nitrogens with zero attached hydrogens (tertiary/aromatic N) is 1. The lowest BCUT2D eigenvalue weighted by atomic mass is 10.2. The molecule has 1 amide bonds. The van der Waals surface area contributed by atoms with Gasteiger partial charge in [-0.2, -0.15) is 0 Å². The number of thiophene rings is 1. The van der Waals surface area contributed by atoms with Crippen LogP contribution < -0.4 is 5.73 Å². The molecule has 0 aliphatic rings. The molecule has 5 heteroatoms. The van der Waals surface area contributed by atoms with Gasteiger partial charge >= 0.3 is 0 Å². The average molecular weight is 281 g/mol. The van der Waals surface area contributed by atoms with Gasteiger partial charge in [-0.15, -0.1) is 11.3 Å². The van der Waals surface area contributed by atoms with E-state index < -0.39 is 0 Å². The maximum atomic E-state index is 12.1. The van der Waals surface area contributed by atoms with E-state index in [-0.39, 0.29) is 5.91 Å². The third-order valence-electron chi connectivity index (χ3n) is 2.53. The monoisotopic (exact) mass is 280 g/mol. The van der Waals surface area contributed by atoms with Crippen molar-refractivity contribution >= 4 is 34.5 Å². The summed E-state index contributed by atoms with van der Waals surface area (Å²) in [7, 11) is 1.77. The highest BCUT2D eigenvalue weighted by atomic mass is 35.5. The Balaban J connectivity index is 2.07. The maximum absolute atomic E-state index is 12.1. The number of amides is 1. The lowest BCUT2D eigenvalue weighted by Crippen LogP contribution is -2.25. The summed E-state index contributed by atoms with van der Waals surface area (Å²) in [4.78, 5) is 14.8. The molecule has 1 aromatic heterocycles. The minimum absolute atomic E-state index is 0.0282. The smallest absolute Gasteiger partial charge is 0.253 e. The van der Waals surface area contributed by atoms with E-state index in [4.69, 9.17) is 17.3 Å². The molecule has 0 aliphatic heterocycles. The van der Waals surface area contributed by atoms with Crippen LogP contribution in [-0.2, 0) is 6.54 Å². The van der Waals surface area contributed by atoms with E-state index in [1.807, 2.05) is 12.1 Å². The first-order chi connectivity index (χ1) is 8.56. The molecule has 0 saturated carbocycles. The fourth-order valence-electron chi connectivity index (χ4n) is 1.59. The zero-order valence-electron chi connectivity index (χ0n) is 9.89. The minimum atomic E-state index is -0.0282. The zero-order valence-corrected chi connectivity index (χ0v) is 11.5. The van der Waals surface area contributed by atoms with Gasteiger partial charge in [-0.3, -0.25) is 4.79 Å². The van der Waals surface area contributed by atoms with E-state index in [0.29, 0.717) is 17.8 Å². The molecule has 0 fully saturated rings. The number of anilines is 1. The normalized spacial score (nSPS) is 10.3. The topological polar surface area (TPSA) is 46.3 Å². The molecule has 1 aromatic carbocycles. The van der Waals surface area contributed by atoms with Crippen molar-refractivity contribution in [3.8, 4) is 0 Å². The number of nitrogens with two attached hydrogens (primary N) is 1. The molecule has 2 rings (SSSR count). The van der Waals surface area contributed by atoms with Crippen molar-refractivity contribution in [1.82, 2.24) is 4.90 Å². The first-order valence-corrected chi connectivity index (χ1v) is 6.61. The van der Waals surface area contributed by atoms with Crippen LogP contribution in [0.1, 0.15) is 15.2 Å². The Labute approximate surface area is 115 Å². The van der Waals surface area contributed by atoms with Crippen LogP contribution >= 0.6 is 22.9 Å². The third kappa shape index (κ3) is 3.03. The van der Waals surface area contributed by atoms with Gasteiger partial charge in [0.1, 0.15) is 0 Å². The average Bonchev–Trinajstić information content (AvgIpc) is 2.75. The Bertz CT molecular complexity index is 550. The van der Waals surface area contributed by atoms with Crippen molar-refractivity contribution in [3.05, 3.63) is 51.2 Å². The van der Waals surface area contributed by atoms with Crippen LogP contribution in [0, 0.1) is 0 Å². The van der Waals surface area contributed by atoms with E-state index >= 15 is 0 Å². The summed E-state index contributed by atoms with van der Waals surface area (Å²) in [6, 6.07) is 10.7. The number of carbonyl (C=O) groups is 1. The van der Waals surface area contributed by atoms with Crippen molar-refractivity contribution in [1.29, 1.82) is 0 Å². The largest absolute Gasteiger partial charge is 0.399 e. The van der Waals surface area contributed by atoms with Crippen LogP contribution in [0.5, 0.6) is 0 Å². The highest BCUT2D eigenvalue weighted by Gasteiger charge is 2.12. The summed E-state index contributed by atoms with van der Waals surface area (Å²) >= 11 is 7.34. The molecule has 2 aromatic rings. The molecule has 0 unspecified atom stereocenters. The highest BCUT2D eigenvalue weighted by molar-refractivity contribution is 7.16. The SMILES string of the molecule is CN(Cc1ccc(Cl)s1)C(=O)c1ccc(N)cc1. The summed E-state index contributed by atoms with van der Waals surface area (Å²) < 4.78 is 0.735. The Hall–Kier alpha value is -1.52. The number of hydrogen-bond donors (Lipinski definition) is 1. The minimum Gasteiger partial charge on any atom is -0.399 e. The number of carbonyl (C=O) groups excluding carboxylic acids is 1. The van der Waals surface area contributed by atoms with Gasteiger partial charge in [-0.1, -0.05) is 11.6 Å². The lowest BCUT2D eigenvalue weighted by Gasteiger charge is -2.16.